The minimum absolute atomic E-state index is 0.0146. The van der Waals surface area contributed by atoms with E-state index in [1.807, 2.05) is 0 Å². The molecule has 2 rings (SSSR count). The highest BCUT2D eigenvalue weighted by Crippen LogP contribution is 2.37. The zero-order valence-corrected chi connectivity index (χ0v) is 13.2. The molecule has 0 saturated carbocycles. The summed E-state index contributed by atoms with van der Waals surface area (Å²) < 4.78 is 27.6. The Morgan fingerprint density at radius 2 is 2.00 bits per heavy atom. The summed E-state index contributed by atoms with van der Waals surface area (Å²) in [6.07, 6.45) is 0. The molecule has 0 heterocycles. The van der Waals surface area contributed by atoms with Crippen molar-refractivity contribution in [2.24, 2.45) is 0 Å². The molecule has 0 amide bonds. The SMILES string of the molecule is CCOC(=O)c1c(O)cc([N+](=O)[O-])c2cc(S(=O)(=O)Cl)ccc12. The number of ether oxygens (including phenoxy) is 1. The van der Waals surface area contributed by atoms with Gasteiger partial charge in [-0.05, 0) is 19.1 Å². The number of aromatic hydroxyl groups is 1. The van der Waals surface area contributed by atoms with Gasteiger partial charge < -0.3 is 9.84 Å². The van der Waals surface area contributed by atoms with Gasteiger partial charge in [-0.2, -0.15) is 0 Å². The maximum atomic E-state index is 11.9. The van der Waals surface area contributed by atoms with Gasteiger partial charge in [0.2, 0.25) is 0 Å². The number of halogens is 1. The molecule has 1 N–H and O–H groups in total. The van der Waals surface area contributed by atoms with Crippen molar-refractivity contribution < 1.29 is 28.0 Å². The average Bonchev–Trinajstić information content (AvgIpc) is 2.44. The van der Waals surface area contributed by atoms with Gasteiger partial charge >= 0.3 is 5.97 Å². The third kappa shape index (κ3) is 3.20. The lowest BCUT2D eigenvalue weighted by Crippen LogP contribution is -2.07. The first kappa shape index (κ1) is 17.0. The van der Waals surface area contributed by atoms with Gasteiger partial charge in [-0.3, -0.25) is 10.1 Å². The van der Waals surface area contributed by atoms with Crippen LogP contribution in [0.4, 0.5) is 5.69 Å². The van der Waals surface area contributed by atoms with E-state index in [1.165, 1.54) is 0 Å². The Balaban J connectivity index is 2.91. The number of hydrogen-bond donors (Lipinski definition) is 1. The molecule has 122 valence electrons. The first-order valence-corrected chi connectivity index (χ1v) is 8.53. The van der Waals surface area contributed by atoms with E-state index >= 15 is 0 Å². The fourth-order valence-corrected chi connectivity index (χ4v) is 2.87. The minimum atomic E-state index is -4.12. The van der Waals surface area contributed by atoms with Crippen molar-refractivity contribution in [3.8, 4) is 5.75 Å². The summed E-state index contributed by atoms with van der Waals surface area (Å²) in [5, 5.41) is 20.9. The standard InChI is InChI=1S/C13H10ClNO7S/c1-2-22-13(17)12-8-4-3-7(23(14,20)21)5-9(8)10(15(18)19)6-11(12)16/h3-6,16H,2H2,1H3. The monoisotopic (exact) mass is 359 g/mol. The number of non-ortho nitro benzene ring substituents is 1. The Morgan fingerprint density at radius 1 is 1.35 bits per heavy atom. The van der Waals surface area contributed by atoms with Crippen molar-refractivity contribution in [3.63, 3.8) is 0 Å². The summed E-state index contributed by atoms with van der Waals surface area (Å²) in [5.74, 6) is -1.52. The lowest BCUT2D eigenvalue weighted by atomic mass is 10.0. The highest BCUT2D eigenvalue weighted by Gasteiger charge is 2.25. The largest absolute Gasteiger partial charge is 0.507 e. The number of fused-ring (bicyclic) bond motifs is 1. The number of phenols is 1. The third-order valence-corrected chi connectivity index (χ3v) is 4.38. The summed E-state index contributed by atoms with van der Waals surface area (Å²) in [6, 6.07) is 3.97. The molecular weight excluding hydrogens is 350 g/mol. The Kier molecular flexibility index (Phi) is 4.44. The Hall–Kier alpha value is -2.39. The fourth-order valence-electron chi connectivity index (χ4n) is 2.09. The first-order chi connectivity index (χ1) is 10.7. The van der Waals surface area contributed by atoms with Crippen LogP contribution in [0.3, 0.4) is 0 Å². The number of hydrogen-bond acceptors (Lipinski definition) is 7. The van der Waals surface area contributed by atoms with Crippen LogP contribution in [0, 0.1) is 10.1 Å². The molecule has 10 heteroatoms. The predicted molar refractivity (Wildman–Crippen MR) is 81.3 cm³/mol. The van der Waals surface area contributed by atoms with Crippen molar-refractivity contribution in [1.29, 1.82) is 0 Å². The number of nitro benzene ring substituents is 1. The number of benzene rings is 2. The van der Waals surface area contributed by atoms with Crippen molar-refractivity contribution in [3.05, 3.63) is 39.9 Å². The van der Waals surface area contributed by atoms with Crippen LogP contribution in [-0.2, 0) is 13.8 Å². The molecule has 0 aliphatic carbocycles. The lowest BCUT2D eigenvalue weighted by Gasteiger charge is -2.10. The van der Waals surface area contributed by atoms with Crippen LogP contribution in [0.2, 0.25) is 0 Å². The predicted octanol–water partition coefficient (Wildman–Crippen LogP) is 2.56. The number of esters is 1. The highest BCUT2D eigenvalue weighted by molar-refractivity contribution is 8.13. The quantitative estimate of drug-likeness (QED) is 0.385. The Bertz CT molecular complexity index is 924. The Labute approximate surface area is 134 Å². The maximum Gasteiger partial charge on any atom is 0.342 e. The van der Waals surface area contributed by atoms with Crippen LogP contribution in [0.15, 0.2) is 29.2 Å². The van der Waals surface area contributed by atoms with E-state index in [2.05, 4.69) is 0 Å². The van der Waals surface area contributed by atoms with Gasteiger partial charge in [-0.1, -0.05) is 6.07 Å². The molecule has 23 heavy (non-hydrogen) atoms. The molecule has 0 aliphatic heterocycles. The fraction of sp³-hybridized carbons (Fsp3) is 0.154. The van der Waals surface area contributed by atoms with Crippen LogP contribution < -0.4 is 0 Å². The smallest absolute Gasteiger partial charge is 0.342 e. The van der Waals surface area contributed by atoms with Crippen LogP contribution in [-0.4, -0.2) is 31.0 Å². The van der Waals surface area contributed by atoms with E-state index in [4.69, 9.17) is 15.4 Å². The zero-order valence-electron chi connectivity index (χ0n) is 11.6. The van der Waals surface area contributed by atoms with Crippen LogP contribution >= 0.6 is 10.7 Å². The normalized spacial score (nSPS) is 11.4. The molecule has 2 aromatic rings. The molecular formula is C13H10ClNO7S. The average molecular weight is 360 g/mol. The number of phenolic OH excluding ortho intramolecular Hbond substituents is 1. The van der Waals surface area contributed by atoms with Gasteiger partial charge in [0.15, 0.2) is 0 Å². The van der Waals surface area contributed by atoms with E-state index in [1.54, 1.807) is 6.92 Å². The molecule has 0 fully saturated rings. The number of rotatable bonds is 4. The van der Waals surface area contributed by atoms with Crippen LogP contribution in [0.1, 0.15) is 17.3 Å². The van der Waals surface area contributed by atoms with Gasteiger partial charge in [0.05, 0.1) is 27.9 Å². The molecule has 2 aromatic carbocycles. The van der Waals surface area contributed by atoms with Crippen molar-refractivity contribution in [1.82, 2.24) is 0 Å². The topological polar surface area (TPSA) is 124 Å². The molecule has 0 saturated heterocycles. The minimum Gasteiger partial charge on any atom is -0.507 e. The van der Waals surface area contributed by atoms with Crippen molar-refractivity contribution in [2.75, 3.05) is 6.61 Å². The van der Waals surface area contributed by atoms with Crippen LogP contribution in [0.25, 0.3) is 10.8 Å². The van der Waals surface area contributed by atoms with Gasteiger partial charge in [0.1, 0.15) is 11.3 Å². The molecule has 8 nitrogen and oxygen atoms in total. The molecule has 0 radical (unpaired) electrons. The van der Waals surface area contributed by atoms with Crippen molar-refractivity contribution >= 4 is 42.2 Å². The second kappa shape index (κ2) is 6.01. The van der Waals surface area contributed by atoms with Gasteiger partial charge in [-0.15, -0.1) is 0 Å². The molecule has 0 aromatic heterocycles. The van der Waals surface area contributed by atoms with E-state index in [0.717, 1.165) is 24.3 Å². The van der Waals surface area contributed by atoms with Crippen molar-refractivity contribution in [2.45, 2.75) is 11.8 Å². The van der Waals surface area contributed by atoms with Gasteiger partial charge in [0, 0.05) is 16.1 Å². The second-order valence-corrected chi connectivity index (χ2v) is 6.98. The number of nitrogens with zero attached hydrogens (tertiary/aromatic N) is 1. The molecule has 0 spiro atoms. The lowest BCUT2D eigenvalue weighted by molar-refractivity contribution is -0.383. The summed E-state index contributed by atoms with van der Waals surface area (Å²) >= 11 is 0. The van der Waals surface area contributed by atoms with E-state index < -0.39 is 31.4 Å². The van der Waals surface area contributed by atoms with Gasteiger partial charge in [0.25, 0.3) is 14.7 Å². The second-order valence-electron chi connectivity index (χ2n) is 4.41. The zero-order chi connectivity index (χ0) is 17.4. The number of carbonyl (C=O) groups excluding carboxylic acids is 1. The summed E-state index contributed by atoms with van der Waals surface area (Å²) in [7, 11) is 1.12. The maximum absolute atomic E-state index is 11.9. The highest BCUT2D eigenvalue weighted by atomic mass is 35.7. The molecule has 0 unspecified atom stereocenters. The van der Waals surface area contributed by atoms with Crippen LogP contribution in [0.5, 0.6) is 5.75 Å². The van der Waals surface area contributed by atoms with E-state index in [0.29, 0.717) is 0 Å². The molecule has 0 aliphatic rings. The van der Waals surface area contributed by atoms with E-state index in [9.17, 15) is 28.4 Å². The van der Waals surface area contributed by atoms with Gasteiger partial charge in [-0.25, -0.2) is 13.2 Å². The summed E-state index contributed by atoms with van der Waals surface area (Å²) in [4.78, 5) is 21.9. The van der Waals surface area contributed by atoms with E-state index in [-0.39, 0.29) is 27.8 Å². The first-order valence-electron chi connectivity index (χ1n) is 6.22. The molecule has 0 atom stereocenters. The summed E-state index contributed by atoms with van der Waals surface area (Å²) in [6.45, 7) is 1.59. The number of carbonyl (C=O) groups is 1. The number of nitro groups is 1. The third-order valence-electron chi connectivity index (χ3n) is 3.02. The Morgan fingerprint density at radius 3 is 2.52 bits per heavy atom. The molecule has 0 bridgehead atoms. The summed E-state index contributed by atoms with van der Waals surface area (Å²) in [5.41, 5.74) is -0.848.